The molecule has 0 bridgehead atoms. The summed E-state index contributed by atoms with van der Waals surface area (Å²) in [6, 6.07) is 14.8. The third-order valence-electron chi connectivity index (χ3n) is 3.46. The number of methoxy groups -OCH3 is 1. The first-order valence-electron chi connectivity index (χ1n) is 7.51. The lowest BCUT2D eigenvalue weighted by molar-refractivity contribution is 0.394. The van der Waals surface area contributed by atoms with Crippen molar-refractivity contribution in [3.8, 4) is 23.0 Å². The van der Waals surface area contributed by atoms with E-state index in [2.05, 4.69) is 10.2 Å². The fraction of sp³-hybridized carbons (Fsp3) is 0.235. The molecule has 3 rings (SSSR count). The van der Waals surface area contributed by atoms with Crippen molar-refractivity contribution in [3.63, 3.8) is 0 Å². The SMILES string of the molecule is CCCn1nc(-c2cc(OC)nn2-c2ccccc2)ccc1=O. The highest BCUT2D eigenvalue weighted by molar-refractivity contribution is 5.59. The van der Waals surface area contributed by atoms with Crippen LogP contribution in [0.1, 0.15) is 13.3 Å². The zero-order valence-corrected chi connectivity index (χ0v) is 13.1. The first-order valence-corrected chi connectivity index (χ1v) is 7.51. The molecule has 0 amide bonds. The molecule has 0 aliphatic rings. The Labute approximate surface area is 134 Å². The molecule has 6 heteroatoms. The molecule has 0 N–H and O–H groups in total. The summed E-state index contributed by atoms with van der Waals surface area (Å²) in [5.74, 6) is 0.499. The number of aromatic nitrogens is 4. The van der Waals surface area contributed by atoms with E-state index in [0.29, 0.717) is 18.1 Å². The lowest BCUT2D eigenvalue weighted by Crippen LogP contribution is -2.22. The molecule has 118 valence electrons. The lowest BCUT2D eigenvalue weighted by atomic mass is 10.2. The summed E-state index contributed by atoms with van der Waals surface area (Å²) in [5, 5.41) is 8.89. The monoisotopic (exact) mass is 310 g/mol. The summed E-state index contributed by atoms with van der Waals surface area (Å²) in [7, 11) is 1.58. The van der Waals surface area contributed by atoms with E-state index < -0.39 is 0 Å². The minimum absolute atomic E-state index is 0.103. The van der Waals surface area contributed by atoms with Gasteiger partial charge in [-0.3, -0.25) is 4.79 Å². The van der Waals surface area contributed by atoms with Gasteiger partial charge in [0.25, 0.3) is 5.56 Å². The van der Waals surface area contributed by atoms with Gasteiger partial charge in [-0.25, -0.2) is 9.36 Å². The smallest absolute Gasteiger partial charge is 0.266 e. The number of aryl methyl sites for hydroxylation is 1. The fourth-order valence-electron chi connectivity index (χ4n) is 2.37. The standard InChI is InChI=1S/C17H18N4O2/c1-3-11-20-17(22)10-9-14(18-20)15-12-16(23-2)19-21(15)13-7-5-4-6-8-13/h4-10,12H,3,11H2,1-2H3. The number of hydrogen-bond acceptors (Lipinski definition) is 4. The molecule has 1 aromatic carbocycles. The maximum Gasteiger partial charge on any atom is 0.266 e. The van der Waals surface area contributed by atoms with Crippen molar-refractivity contribution in [1.82, 2.24) is 19.6 Å². The van der Waals surface area contributed by atoms with Crippen LogP contribution in [0.4, 0.5) is 0 Å². The van der Waals surface area contributed by atoms with Crippen LogP contribution in [0.15, 0.2) is 53.3 Å². The van der Waals surface area contributed by atoms with Crippen LogP contribution in [0.25, 0.3) is 17.1 Å². The molecular formula is C17H18N4O2. The van der Waals surface area contributed by atoms with E-state index in [0.717, 1.165) is 17.8 Å². The Balaban J connectivity index is 2.14. The number of hydrogen-bond donors (Lipinski definition) is 0. The number of rotatable bonds is 5. The van der Waals surface area contributed by atoms with Crippen molar-refractivity contribution < 1.29 is 4.74 Å². The Morgan fingerprint density at radius 3 is 2.57 bits per heavy atom. The van der Waals surface area contributed by atoms with Crippen LogP contribution in [0, 0.1) is 0 Å². The van der Waals surface area contributed by atoms with Gasteiger partial charge in [0.1, 0.15) is 5.69 Å². The molecule has 0 radical (unpaired) electrons. The van der Waals surface area contributed by atoms with E-state index in [4.69, 9.17) is 4.74 Å². The van der Waals surface area contributed by atoms with E-state index in [1.165, 1.54) is 10.7 Å². The summed E-state index contributed by atoms with van der Waals surface area (Å²) < 4.78 is 8.49. The van der Waals surface area contributed by atoms with Gasteiger partial charge >= 0.3 is 0 Å². The molecule has 23 heavy (non-hydrogen) atoms. The van der Waals surface area contributed by atoms with Gasteiger partial charge in [0.05, 0.1) is 18.5 Å². The lowest BCUT2D eigenvalue weighted by Gasteiger charge is -2.08. The Morgan fingerprint density at radius 1 is 1.09 bits per heavy atom. The van der Waals surface area contributed by atoms with E-state index >= 15 is 0 Å². The number of para-hydroxylation sites is 1. The Kier molecular flexibility index (Phi) is 4.23. The highest BCUT2D eigenvalue weighted by atomic mass is 16.5. The van der Waals surface area contributed by atoms with Crippen molar-refractivity contribution in [2.24, 2.45) is 0 Å². The van der Waals surface area contributed by atoms with Crippen LogP contribution in [-0.4, -0.2) is 26.7 Å². The second-order valence-corrected chi connectivity index (χ2v) is 5.10. The van der Waals surface area contributed by atoms with Gasteiger partial charge in [0.2, 0.25) is 5.88 Å². The first-order chi connectivity index (χ1) is 11.2. The van der Waals surface area contributed by atoms with E-state index in [1.54, 1.807) is 17.9 Å². The van der Waals surface area contributed by atoms with Gasteiger partial charge in [-0.15, -0.1) is 5.10 Å². The molecule has 0 aliphatic heterocycles. The zero-order valence-electron chi connectivity index (χ0n) is 13.1. The van der Waals surface area contributed by atoms with Crippen LogP contribution in [0.5, 0.6) is 5.88 Å². The maximum atomic E-state index is 11.9. The minimum atomic E-state index is -0.103. The van der Waals surface area contributed by atoms with E-state index in [9.17, 15) is 4.79 Å². The van der Waals surface area contributed by atoms with Crippen LogP contribution in [-0.2, 0) is 6.54 Å². The Bertz CT molecular complexity index is 853. The summed E-state index contributed by atoms with van der Waals surface area (Å²) >= 11 is 0. The highest BCUT2D eigenvalue weighted by Crippen LogP contribution is 2.24. The van der Waals surface area contributed by atoms with Crippen LogP contribution >= 0.6 is 0 Å². The molecule has 0 atom stereocenters. The summed E-state index contributed by atoms with van der Waals surface area (Å²) in [6.07, 6.45) is 0.845. The van der Waals surface area contributed by atoms with Crippen LogP contribution in [0.3, 0.4) is 0 Å². The van der Waals surface area contributed by atoms with Crippen molar-refractivity contribution in [3.05, 3.63) is 58.9 Å². The van der Waals surface area contributed by atoms with Crippen LogP contribution in [0.2, 0.25) is 0 Å². The third kappa shape index (κ3) is 3.01. The number of ether oxygens (including phenoxy) is 1. The molecule has 3 aromatic rings. The molecule has 6 nitrogen and oxygen atoms in total. The van der Waals surface area contributed by atoms with Crippen LogP contribution < -0.4 is 10.3 Å². The molecule has 0 fully saturated rings. The molecule has 0 unspecified atom stereocenters. The summed E-state index contributed by atoms with van der Waals surface area (Å²) in [6.45, 7) is 2.60. The average molecular weight is 310 g/mol. The van der Waals surface area contributed by atoms with Crippen molar-refractivity contribution >= 4 is 0 Å². The largest absolute Gasteiger partial charge is 0.480 e. The van der Waals surface area contributed by atoms with Gasteiger partial charge in [-0.1, -0.05) is 25.1 Å². The van der Waals surface area contributed by atoms with Gasteiger partial charge in [-0.05, 0) is 24.6 Å². The summed E-state index contributed by atoms with van der Waals surface area (Å²) in [4.78, 5) is 11.9. The van der Waals surface area contributed by atoms with Crippen molar-refractivity contribution in [1.29, 1.82) is 0 Å². The number of benzene rings is 1. The molecule has 2 aromatic heterocycles. The van der Waals surface area contributed by atoms with Gasteiger partial charge in [0.15, 0.2) is 0 Å². The van der Waals surface area contributed by atoms with Crippen molar-refractivity contribution in [2.75, 3.05) is 7.11 Å². The predicted molar refractivity (Wildman–Crippen MR) is 87.9 cm³/mol. The minimum Gasteiger partial charge on any atom is -0.480 e. The second kappa shape index (κ2) is 6.48. The number of nitrogens with zero attached hydrogens (tertiary/aromatic N) is 4. The molecular weight excluding hydrogens is 292 g/mol. The molecule has 0 saturated heterocycles. The fourth-order valence-corrected chi connectivity index (χ4v) is 2.37. The zero-order chi connectivity index (χ0) is 16.2. The Morgan fingerprint density at radius 2 is 1.87 bits per heavy atom. The molecule has 0 aliphatic carbocycles. The first kappa shape index (κ1) is 15.0. The Hall–Kier alpha value is -2.89. The average Bonchev–Trinajstić information content (AvgIpc) is 3.02. The topological polar surface area (TPSA) is 61.9 Å². The molecule has 0 saturated carbocycles. The maximum absolute atomic E-state index is 11.9. The van der Waals surface area contributed by atoms with Gasteiger partial charge in [0, 0.05) is 18.7 Å². The molecule has 0 spiro atoms. The summed E-state index contributed by atoms with van der Waals surface area (Å²) in [5.41, 5.74) is 2.25. The molecule has 2 heterocycles. The quantitative estimate of drug-likeness (QED) is 0.726. The third-order valence-corrected chi connectivity index (χ3v) is 3.46. The van der Waals surface area contributed by atoms with E-state index in [1.807, 2.05) is 43.3 Å². The second-order valence-electron chi connectivity index (χ2n) is 5.10. The normalized spacial score (nSPS) is 10.7. The van der Waals surface area contributed by atoms with Crippen molar-refractivity contribution in [2.45, 2.75) is 19.9 Å². The van der Waals surface area contributed by atoms with E-state index in [-0.39, 0.29) is 5.56 Å². The highest BCUT2D eigenvalue weighted by Gasteiger charge is 2.14. The van der Waals surface area contributed by atoms with Gasteiger partial charge < -0.3 is 4.74 Å². The van der Waals surface area contributed by atoms with Gasteiger partial charge in [-0.2, -0.15) is 5.10 Å². The predicted octanol–water partition coefficient (Wildman–Crippen LogP) is 2.51.